The maximum absolute atomic E-state index is 6.06. The SMILES string of the molecule is CCCCCCCCCCCCCCCCCCOc1ccc([C](c2ccccc2)c2ccccc2)cc1. The summed E-state index contributed by atoms with van der Waals surface area (Å²) in [6.07, 6.45) is 22.3. The third kappa shape index (κ3) is 11.9. The van der Waals surface area contributed by atoms with E-state index in [0.717, 1.165) is 18.8 Å². The lowest BCUT2D eigenvalue weighted by Gasteiger charge is -2.18. The van der Waals surface area contributed by atoms with Crippen LogP contribution in [0.5, 0.6) is 5.75 Å². The molecule has 0 aliphatic carbocycles. The average Bonchev–Trinajstić information content (AvgIpc) is 2.97. The summed E-state index contributed by atoms with van der Waals surface area (Å²) < 4.78 is 6.06. The number of hydrogen-bond donors (Lipinski definition) is 0. The van der Waals surface area contributed by atoms with Gasteiger partial charge in [0.2, 0.25) is 0 Å². The van der Waals surface area contributed by atoms with Crippen molar-refractivity contribution in [2.45, 2.75) is 110 Å². The number of hydrogen-bond acceptors (Lipinski definition) is 1. The topological polar surface area (TPSA) is 9.23 Å². The highest BCUT2D eigenvalue weighted by molar-refractivity contribution is 5.57. The molecule has 3 aromatic rings. The standard InChI is InChI=1S/C37H51O/c1-2-3-4-5-6-7-8-9-10-11-12-13-14-15-16-23-32-38-36-30-28-35(29-31-36)37(33-24-19-17-20-25-33)34-26-21-18-22-27-34/h17-22,24-31H,2-16,23,32H2,1H3. The van der Waals surface area contributed by atoms with Gasteiger partial charge < -0.3 is 4.74 Å². The maximum atomic E-state index is 6.06. The summed E-state index contributed by atoms with van der Waals surface area (Å²) in [6, 6.07) is 29.9. The zero-order chi connectivity index (χ0) is 26.5. The first-order valence-electron chi connectivity index (χ1n) is 15.6. The van der Waals surface area contributed by atoms with E-state index in [1.165, 1.54) is 119 Å². The van der Waals surface area contributed by atoms with Gasteiger partial charge in [-0.2, -0.15) is 0 Å². The molecule has 3 rings (SSSR count). The van der Waals surface area contributed by atoms with E-state index in [1.54, 1.807) is 0 Å². The highest BCUT2D eigenvalue weighted by atomic mass is 16.5. The summed E-state index contributed by atoms with van der Waals surface area (Å²) in [4.78, 5) is 0. The Morgan fingerprint density at radius 2 is 0.789 bits per heavy atom. The van der Waals surface area contributed by atoms with Crippen LogP contribution in [0.15, 0.2) is 84.9 Å². The molecule has 0 saturated heterocycles. The molecule has 0 aliphatic rings. The molecule has 1 radical (unpaired) electrons. The van der Waals surface area contributed by atoms with Gasteiger partial charge in [-0.05, 0) is 35.2 Å². The van der Waals surface area contributed by atoms with Gasteiger partial charge in [0, 0.05) is 0 Å². The van der Waals surface area contributed by atoms with E-state index < -0.39 is 0 Å². The van der Waals surface area contributed by atoms with Gasteiger partial charge in [0.25, 0.3) is 0 Å². The summed E-state index contributed by atoms with van der Waals surface area (Å²) in [5.74, 6) is 2.23. The van der Waals surface area contributed by atoms with Crippen LogP contribution in [0.2, 0.25) is 0 Å². The van der Waals surface area contributed by atoms with Crippen LogP contribution < -0.4 is 4.74 Å². The Kier molecular flexibility index (Phi) is 15.4. The van der Waals surface area contributed by atoms with Crippen LogP contribution in [-0.2, 0) is 0 Å². The summed E-state index contributed by atoms with van der Waals surface area (Å²) in [5.41, 5.74) is 3.69. The predicted octanol–water partition coefficient (Wildman–Crippen LogP) is 11.3. The minimum absolute atomic E-state index is 0.811. The molecule has 38 heavy (non-hydrogen) atoms. The molecule has 0 N–H and O–H groups in total. The number of rotatable bonds is 21. The van der Waals surface area contributed by atoms with Crippen molar-refractivity contribution in [2.24, 2.45) is 0 Å². The largest absolute Gasteiger partial charge is 0.494 e. The van der Waals surface area contributed by atoms with Crippen LogP contribution in [0.4, 0.5) is 0 Å². The minimum Gasteiger partial charge on any atom is -0.494 e. The lowest BCUT2D eigenvalue weighted by atomic mass is 9.85. The molecule has 0 spiro atoms. The Balaban J connectivity index is 1.23. The van der Waals surface area contributed by atoms with E-state index in [0.29, 0.717) is 0 Å². The van der Waals surface area contributed by atoms with Crippen LogP contribution in [0.3, 0.4) is 0 Å². The Hall–Kier alpha value is -2.54. The Labute approximate surface area is 234 Å². The van der Waals surface area contributed by atoms with Crippen molar-refractivity contribution in [3.8, 4) is 5.75 Å². The van der Waals surface area contributed by atoms with Crippen molar-refractivity contribution in [1.82, 2.24) is 0 Å². The fourth-order valence-corrected chi connectivity index (χ4v) is 5.27. The third-order valence-corrected chi connectivity index (χ3v) is 7.53. The van der Waals surface area contributed by atoms with Crippen molar-refractivity contribution in [1.29, 1.82) is 0 Å². The van der Waals surface area contributed by atoms with Crippen molar-refractivity contribution in [3.05, 3.63) is 108 Å². The van der Waals surface area contributed by atoms with E-state index in [-0.39, 0.29) is 0 Å². The molecule has 0 aliphatic heterocycles. The van der Waals surface area contributed by atoms with E-state index in [4.69, 9.17) is 4.74 Å². The van der Waals surface area contributed by atoms with Gasteiger partial charge in [0.1, 0.15) is 5.75 Å². The van der Waals surface area contributed by atoms with Crippen molar-refractivity contribution >= 4 is 0 Å². The molecule has 0 atom stereocenters. The number of benzene rings is 3. The first kappa shape index (κ1) is 30.0. The summed E-state index contributed by atoms with van der Waals surface area (Å²) in [5, 5.41) is 0. The normalized spacial score (nSPS) is 11.2. The average molecular weight is 512 g/mol. The molecule has 0 amide bonds. The smallest absolute Gasteiger partial charge is 0.119 e. The fourth-order valence-electron chi connectivity index (χ4n) is 5.27. The van der Waals surface area contributed by atoms with Crippen molar-refractivity contribution in [2.75, 3.05) is 6.61 Å². The van der Waals surface area contributed by atoms with Crippen LogP contribution in [-0.4, -0.2) is 6.61 Å². The molecule has 0 heterocycles. The zero-order valence-corrected chi connectivity index (χ0v) is 24.0. The summed E-state index contributed by atoms with van der Waals surface area (Å²) in [7, 11) is 0. The number of ether oxygens (including phenoxy) is 1. The third-order valence-electron chi connectivity index (χ3n) is 7.53. The molecular weight excluding hydrogens is 460 g/mol. The number of unbranched alkanes of at least 4 members (excludes halogenated alkanes) is 15. The molecule has 1 nitrogen and oxygen atoms in total. The van der Waals surface area contributed by atoms with Gasteiger partial charge >= 0.3 is 0 Å². The second kappa shape index (κ2) is 19.5. The summed E-state index contributed by atoms with van der Waals surface area (Å²) >= 11 is 0. The second-order valence-corrected chi connectivity index (χ2v) is 10.8. The first-order valence-corrected chi connectivity index (χ1v) is 15.6. The van der Waals surface area contributed by atoms with Gasteiger partial charge in [0.15, 0.2) is 0 Å². The lowest BCUT2D eigenvalue weighted by Crippen LogP contribution is -2.04. The van der Waals surface area contributed by atoms with Crippen molar-refractivity contribution in [3.63, 3.8) is 0 Å². The molecular formula is C37H51O. The molecule has 0 saturated carbocycles. The predicted molar refractivity (Wildman–Crippen MR) is 165 cm³/mol. The van der Waals surface area contributed by atoms with E-state index >= 15 is 0 Å². The van der Waals surface area contributed by atoms with Crippen LogP contribution >= 0.6 is 0 Å². The van der Waals surface area contributed by atoms with E-state index in [9.17, 15) is 0 Å². The van der Waals surface area contributed by atoms with Gasteiger partial charge in [-0.25, -0.2) is 0 Å². The van der Waals surface area contributed by atoms with Crippen molar-refractivity contribution < 1.29 is 4.74 Å². The molecule has 0 unspecified atom stereocenters. The second-order valence-electron chi connectivity index (χ2n) is 10.8. The summed E-state index contributed by atoms with van der Waals surface area (Å²) in [6.45, 7) is 3.11. The molecule has 3 aromatic carbocycles. The van der Waals surface area contributed by atoms with Gasteiger partial charge in [-0.1, -0.05) is 176 Å². The molecule has 0 bridgehead atoms. The molecule has 205 valence electrons. The Bertz CT molecular complexity index is 892. The van der Waals surface area contributed by atoms with Crippen LogP contribution in [0.25, 0.3) is 0 Å². The van der Waals surface area contributed by atoms with E-state index in [1.807, 2.05) is 0 Å². The first-order chi connectivity index (χ1) is 18.9. The lowest BCUT2D eigenvalue weighted by molar-refractivity contribution is 0.304. The van der Waals surface area contributed by atoms with Crippen LogP contribution in [0, 0.1) is 5.92 Å². The highest BCUT2D eigenvalue weighted by Crippen LogP contribution is 2.31. The Morgan fingerprint density at radius 3 is 1.21 bits per heavy atom. The van der Waals surface area contributed by atoms with Gasteiger partial charge in [0.05, 0.1) is 12.5 Å². The maximum Gasteiger partial charge on any atom is 0.119 e. The molecule has 1 heteroatoms. The zero-order valence-electron chi connectivity index (χ0n) is 24.0. The quantitative estimate of drug-likeness (QED) is 0.102. The fraction of sp³-hybridized carbons (Fsp3) is 0.486. The highest BCUT2D eigenvalue weighted by Gasteiger charge is 2.17. The Morgan fingerprint density at radius 1 is 0.421 bits per heavy atom. The minimum atomic E-state index is 0.811. The molecule has 0 fully saturated rings. The monoisotopic (exact) mass is 511 g/mol. The van der Waals surface area contributed by atoms with Crippen LogP contribution in [0.1, 0.15) is 126 Å². The van der Waals surface area contributed by atoms with Gasteiger partial charge in [-0.15, -0.1) is 0 Å². The van der Waals surface area contributed by atoms with Gasteiger partial charge in [-0.3, -0.25) is 0 Å². The van der Waals surface area contributed by atoms with E-state index in [2.05, 4.69) is 91.9 Å². The molecule has 0 aromatic heterocycles.